The molecule has 0 fully saturated rings. The second kappa shape index (κ2) is 9.86. The number of rotatable bonds is 6. The van der Waals surface area contributed by atoms with Gasteiger partial charge in [0.1, 0.15) is 0 Å². The van der Waals surface area contributed by atoms with Crippen molar-refractivity contribution in [1.82, 2.24) is 0 Å². The van der Waals surface area contributed by atoms with Crippen LogP contribution in [0.4, 0.5) is 0 Å². The summed E-state index contributed by atoms with van der Waals surface area (Å²) in [6.45, 7) is 4.15. The van der Waals surface area contributed by atoms with Crippen molar-refractivity contribution in [2.75, 3.05) is 0 Å². The van der Waals surface area contributed by atoms with Gasteiger partial charge in [-0.2, -0.15) is 0 Å². The summed E-state index contributed by atoms with van der Waals surface area (Å²) in [5, 5.41) is 1.27. The van der Waals surface area contributed by atoms with Crippen molar-refractivity contribution in [3.05, 3.63) is 90.0 Å². The Bertz CT molecular complexity index is 716. The average Bonchev–Trinajstić information content (AvgIpc) is 2.60. The fraction of sp³-hybridized carbons (Fsp3) is 0.100. The molecule has 0 aliphatic heterocycles. The number of hydrogen-bond donors (Lipinski definition) is 0. The molecule has 0 amide bonds. The Hall–Kier alpha value is -1.49. The van der Waals surface area contributed by atoms with E-state index >= 15 is 0 Å². The summed E-state index contributed by atoms with van der Waals surface area (Å²) < 4.78 is 12.4. The summed E-state index contributed by atoms with van der Waals surface area (Å²) in [5.74, 6) is 1.75. The minimum Gasteiger partial charge on any atom is -0.147 e. The third-order valence-electron chi connectivity index (χ3n) is 3.36. The molecule has 0 heterocycles. The van der Waals surface area contributed by atoms with Gasteiger partial charge in [0.05, 0.1) is 0 Å². The molecule has 0 saturated heterocycles. The summed E-state index contributed by atoms with van der Waals surface area (Å²) in [6, 6.07) is 26.7. The number of benzene rings is 3. The largest absolute Gasteiger partial charge is 0.147 e. The number of hydrogen-bond acceptors (Lipinski definition) is 2. The van der Waals surface area contributed by atoms with E-state index < -0.39 is 14.4 Å². The van der Waals surface area contributed by atoms with E-state index in [1.165, 1.54) is 16.4 Å². The quantitative estimate of drug-likeness (QED) is 0.495. The Labute approximate surface area is 162 Å². The Morgan fingerprint density at radius 1 is 0.640 bits per heavy atom. The van der Waals surface area contributed by atoms with Gasteiger partial charge >= 0.3 is 150 Å². The van der Waals surface area contributed by atoms with Crippen molar-refractivity contribution in [2.45, 2.75) is 13.8 Å². The first kappa shape index (κ1) is 19.8. The van der Waals surface area contributed by atoms with Gasteiger partial charge in [-0.05, 0) is 0 Å². The van der Waals surface area contributed by atoms with Crippen molar-refractivity contribution in [3.63, 3.8) is 0 Å². The zero-order valence-corrected chi connectivity index (χ0v) is 17.2. The molecule has 0 aliphatic rings. The van der Waals surface area contributed by atoms with E-state index in [4.69, 9.17) is 7.58 Å². The molecule has 3 aromatic rings. The van der Waals surface area contributed by atoms with Gasteiger partial charge in [0, 0.05) is 0 Å². The minimum atomic E-state index is -1.76. The van der Waals surface area contributed by atoms with Gasteiger partial charge < -0.3 is 0 Å². The van der Waals surface area contributed by atoms with Crippen molar-refractivity contribution in [2.24, 2.45) is 0 Å². The Morgan fingerprint density at radius 3 is 1.52 bits per heavy atom. The molecule has 0 bridgehead atoms. The second-order valence-corrected chi connectivity index (χ2v) is 9.86. The normalized spacial score (nSPS) is 10.7. The summed E-state index contributed by atoms with van der Waals surface area (Å²) in [7, 11) is 0.522. The number of halogens is 1. The van der Waals surface area contributed by atoms with Gasteiger partial charge in [0.25, 0.3) is 0 Å². The molecule has 1 atom stereocenters. The van der Waals surface area contributed by atoms with Crippen LogP contribution in [0.25, 0.3) is 0 Å². The fourth-order valence-corrected chi connectivity index (χ4v) is 6.30. The van der Waals surface area contributed by atoms with E-state index in [0.717, 1.165) is 11.5 Å². The Kier molecular flexibility index (Phi) is 7.82. The van der Waals surface area contributed by atoms with Crippen LogP contribution in [0.15, 0.2) is 78.9 Å². The van der Waals surface area contributed by atoms with Gasteiger partial charge in [-0.15, -0.1) is 12.4 Å². The molecule has 3 aromatic carbocycles. The van der Waals surface area contributed by atoms with Crippen LogP contribution in [0, 0.1) is 13.8 Å². The molecule has 0 saturated carbocycles. The molecular formula is C20H21ClCrO2P. The third kappa shape index (κ3) is 6.39. The van der Waals surface area contributed by atoms with E-state index in [-0.39, 0.29) is 12.4 Å². The van der Waals surface area contributed by atoms with Gasteiger partial charge in [-0.25, -0.2) is 0 Å². The summed E-state index contributed by atoms with van der Waals surface area (Å²) >= 11 is -1.76. The van der Waals surface area contributed by atoms with Crippen molar-refractivity contribution < 1.29 is 21.9 Å². The van der Waals surface area contributed by atoms with Crippen LogP contribution in [0.1, 0.15) is 11.1 Å². The van der Waals surface area contributed by atoms with Crippen LogP contribution >= 0.6 is 19.6 Å². The summed E-state index contributed by atoms with van der Waals surface area (Å²) in [5.41, 5.74) is 2.45. The summed E-state index contributed by atoms with van der Waals surface area (Å²) in [4.78, 5) is 0. The van der Waals surface area contributed by atoms with Crippen molar-refractivity contribution >= 4 is 24.9 Å². The molecule has 2 nitrogen and oxygen atoms in total. The SMILES string of the molecule is Cc1ccc([O][Cr]([O]c2ccc(C)cc2)[PH]c2ccccc2)cc1.Cl. The zero-order chi connectivity index (χ0) is 16.8. The van der Waals surface area contributed by atoms with E-state index in [1.54, 1.807) is 0 Å². The zero-order valence-electron chi connectivity index (χ0n) is 14.1. The minimum absolute atomic E-state index is 0. The first-order valence-corrected chi connectivity index (χ1v) is 11.6. The van der Waals surface area contributed by atoms with Gasteiger partial charge in [-0.3, -0.25) is 0 Å². The third-order valence-corrected chi connectivity index (χ3v) is 7.74. The van der Waals surface area contributed by atoms with Crippen molar-refractivity contribution in [3.8, 4) is 11.5 Å². The predicted octanol–water partition coefficient (Wildman–Crippen LogP) is 5.55. The van der Waals surface area contributed by atoms with Crippen LogP contribution in [-0.4, -0.2) is 0 Å². The van der Waals surface area contributed by atoms with E-state index in [9.17, 15) is 0 Å². The van der Waals surface area contributed by atoms with Crippen LogP contribution < -0.4 is 12.9 Å². The average molecular weight is 412 g/mol. The molecule has 3 rings (SSSR count). The molecule has 1 unspecified atom stereocenters. The number of aryl methyl sites for hydroxylation is 2. The van der Waals surface area contributed by atoms with Crippen LogP contribution in [0.5, 0.6) is 11.5 Å². The van der Waals surface area contributed by atoms with E-state index in [2.05, 4.69) is 62.4 Å². The molecule has 0 spiro atoms. The summed E-state index contributed by atoms with van der Waals surface area (Å²) in [6.07, 6.45) is 0. The van der Waals surface area contributed by atoms with Crippen LogP contribution in [-0.2, 0) is 14.4 Å². The first-order chi connectivity index (χ1) is 11.7. The maximum atomic E-state index is 6.22. The first-order valence-electron chi connectivity index (χ1n) is 7.75. The molecule has 0 radical (unpaired) electrons. The molecule has 5 heteroatoms. The second-order valence-electron chi connectivity index (χ2n) is 5.50. The molecule has 0 N–H and O–H groups in total. The Morgan fingerprint density at radius 2 is 1.08 bits per heavy atom. The molecule has 0 aromatic heterocycles. The standard InChI is InChI=1S/2C7H8O.C6H6P.ClH.Cr/c2*1-6-2-4-7(8)5-3-6;7-6-4-2-1-3-5-6;;/h2*2-5,8H,1H3;1-5,7H;1H;/q;;-1;;+3/p-2. The molecular weight excluding hydrogens is 391 g/mol. The Balaban J connectivity index is 0.00000225. The van der Waals surface area contributed by atoms with Gasteiger partial charge in [-0.1, -0.05) is 0 Å². The smallest absolute Gasteiger partial charge is 0.147 e. The van der Waals surface area contributed by atoms with Crippen LogP contribution in [0.2, 0.25) is 0 Å². The topological polar surface area (TPSA) is 18.5 Å². The van der Waals surface area contributed by atoms with Gasteiger partial charge in [0.15, 0.2) is 0 Å². The predicted molar refractivity (Wildman–Crippen MR) is 105 cm³/mol. The molecule has 0 aliphatic carbocycles. The monoisotopic (exact) mass is 411 g/mol. The molecule has 25 heavy (non-hydrogen) atoms. The fourth-order valence-electron chi connectivity index (χ4n) is 2.02. The van der Waals surface area contributed by atoms with Gasteiger partial charge in [0.2, 0.25) is 0 Å². The maximum absolute atomic E-state index is 6.22. The molecule has 131 valence electrons. The van der Waals surface area contributed by atoms with E-state index in [1.807, 2.05) is 30.3 Å². The van der Waals surface area contributed by atoms with Crippen LogP contribution in [0.3, 0.4) is 0 Å². The van der Waals surface area contributed by atoms with E-state index in [0.29, 0.717) is 7.23 Å². The van der Waals surface area contributed by atoms with Crippen molar-refractivity contribution in [1.29, 1.82) is 0 Å². The maximum Gasteiger partial charge on any atom is -0.147 e.